The molecule has 0 aliphatic carbocycles. The second-order valence-corrected chi connectivity index (χ2v) is 8.03. The fraction of sp³-hybridized carbons (Fsp3) is 0.455. The predicted octanol–water partition coefficient (Wildman–Crippen LogP) is 1.79. The first kappa shape index (κ1) is 18.9. The van der Waals surface area contributed by atoms with E-state index in [1.165, 1.54) is 17.2 Å². The van der Waals surface area contributed by atoms with Gasteiger partial charge in [0.05, 0.1) is 5.60 Å². The van der Waals surface area contributed by atoms with E-state index < -0.39 is 5.60 Å². The van der Waals surface area contributed by atoms with Gasteiger partial charge in [-0.3, -0.25) is 14.5 Å². The minimum Gasteiger partial charge on any atom is -0.388 e. The number of rotatable bonds is 3. The molecular formula is C22H27N3O3. The molecule has 2 N–H and O–H groups in total. The lowest BCUT2D eigenvalue weighted by molar-refractivity contribution is -0.0118. The summed E-state index contributed by atoms with van der Waals surface area (Å²) in [6.07, 6.45) is 3.00. The molecule has 3 heterocycles. The van der Waals surface area contributed by atoms with Crippen LogP contribution >= 0.6 is 0 Å². The van der Waals surface area contributed by atoms with E-state index >= 15 is 0 Å². The maximum absolute atomic E-state index is 12.7. The van der Waals surface area contributed by atoms with Gasteiger partial charge in [-0.25, -0.2) is 0 Å². The fourth-order valence-electron chi connectivity index (χ4n) is 4.39. The largest absolute Gasteiger partial charge is 0.388 e. The number of hydrogen-bond donors (Lipinski definition) is 2. The summed E-state index contributed by atoms with van der Waals surface area (Å²) in [6, 6.07) is 13.1. The Morgan fingerprint density at radius 1 is 1.04 bits per heavy atom. The minimum absolute atomic E-state index is 0.172. The number of fused-ring (bicyclic) bond motifs is 1. The number of likely N-dealkylation sites (tertiary alicyclic amines) is 1. The molecular weight excluding hydrogens is 354 g/mol. The Bertz CT molecular complexity index is 910. The highest BCUT2D eigenvalue weighted by Crippen LogP contribution is 2.27. The van der Waals surface area contributed by atoms with Crippen molar-refractivity contribution in [3.63, 3.8) is 0 Å². The zero-order chi connectivity index (χ0) is 19.6. The number of pyridine rings is 1. The molecule has 1 atom stereocenters. The van der Waals surface area contributed by atoms with Crippen LogP contribution in [0.4, 0.5) is 0 Å². The lowest BCUT2D eigenvalue weighted by Gasteiger charge is -2.36. The number of amides is 1. The van der Waals surface area contributed by atoms with Gasteiger partial charge in [0.2, 0.25) is 5.56 Å². The number of nitrogens with zero attached hydrogens (tertiary/aromatic N) is 2. The standard InChI is InChI=1S/C22H27N3O3/c26-20-8-3-7-19(23-20)21(27)25-12-4-10-22(28,11-14-25)16-24-13-9-17-5-1-2-6-18(17)15-24/h1-3,5-8,28H,4,9-16H2,(H,23,26). The maximum atomic E-state index is 12.7. The Balaban J connectivity index is 1.39. The highest BCUT2D eigenvalue weighted by Gasteiger charge is 2.34. The number of hydrogen-bond acceptors (Lipinski definition) is 4. The van der Waals surface area contributed by atoms with Crippen LogP contribution in [0.1, 0.15) is 40.9 Å². The number of aliphatic hydroxyl groups is 1. The zero-order valence-corrected chi connectivity index (χ0v) is 16.1. The van der Waals surface area contributed by atoms with Crippen LogP contribution in [0.5, 0.6) is 0 Å². The summed E-state index contributed by atoms with van der Waals surface area (Å²) in [5.74, 6) is -0.172. The molecule has 1 amide bonds. The molecule has 0 bridgehead atoms. The lowest BCUT2D eigenvalue weighted by atomic mass is 9.92. The highest BCUT2D eigenvalue weighted by atomic mass is 16.3. The van der Waals surface area contributed by atoms with Crippen LogP contribution in [-0.4, -0.2) is 57.6 Å². The molecule has 1 fully saturated rings. The van der Waals surface area contributed by atoms with Gasteiger partial charge >= 0.3 is 0 Å². The van der Waals surface area contributed by atoms with Gasteiger partial charge in [-0.1, -0.05) is 30.3 Å². The molecule has 1 unspecified atom stereocenters. The zero-order valence-electron chi connectivity index (χ0n) is 16.1. The van der Waals surface area contributed by atoms with Crippen LogP contribution < -0.4 is 5.56 Å². The summed E-state index contributed by atoms with van der Waals surface area (Å²) in [6.45, 7) is 3.54. The number of carbonyl (C=O) groups is 1. The monoisotopic (exact) mass is 381 g/mol. The lowest BCUT2D eigenvalue weighted by Crippen LogP contribution is -2.45. The fourth-order valence-corrected chi connectivity index (χ4v) is 4.39. The Morgan fingerprint density at radius 2 is 1.86 bits per heavy atom. The molecule has 6 nitrogen and oxygen atoms in total. The van der Waals surface area contributed by atoms with Crippen LogP contribution in [0, 0.1) is 0 Å². The van der Waals surface area contributed by atoms with E-state index in [4.69, 9.17) is 0 Å². The maximum Gasteiger partial charge on any atom is 0.270 e. The third-order valence-corrected chi connectivity index (χ3v) is 5.93. The number of H-pyrrole nitrogens is 1. The van der Waals surface area contributed by atoms with E-state index in [2.05, 4.69) is 34.1 Å². The number of nitrogens with one attached hydrogen (secondary N) is 1. The van der Waals surface area contributed by atoms with Crippen LogP contribution in [0.25, 0.3) is 0 Å². The molecule has 1 saturated heterocycles. The first-order valence-corrected chi connectivity index (χ1v) is 10.0. The van der Waals surface area contributed by atoms with Crippen molar-refractivity contribution in [3.8, 4) is 0 Å². The molecule has 0 radical (unpaired) electrons. The third-order valence-electron chi connectivity index (χ3n) is 5.93. The topological polar surface area (TPSA) is 76.6 Å². The summed E-state index contributed by atoms with van der Waals surface area (Å²) >= 11 is 0. The smallest absolute Gasteiger partial charge is 0.270 e. The Morgan fingerprint density at radius 3 is 2.68 bits per heavy atom. The predicted molar refractivity (Wildman–Crippen MR) is 107 cm³/mol. The SMILES string of the molecule is O=C(c1cccc(=O)[nH]1)N1CCCC(O)(CN2CCc3ccccc3C2)CC1. The first-order valence-electron chi connectivity index (χ1n) is 10.0. The minimum atomic E-state index is -0.786. The number of benzene rings is 1. The second-order valence-electron chi connectivity index (χ2n) is 8.03. The Kier molecular flexibility index (Phi) is 5.33. The molecule has 2 aliphatic heterocycles. The molecule has 2 aromatic rings. The van der Waals surface area contributed by atoms with Crippen molar-refractivity contribution in [2.24, 2.45) is 0 Å². The first-order chi connectivity index (χ1) is 13.5. The average Bonchev–Trinajstić information content (AvgIpc) is 2.89. The summed E-state index contributed by atoms with van der Waals surface area (Å²) < 4.78 is 0. The number of aromatic nitrogens is 1. The van der Waals surface area contributed by atoms with E-state index in [9.17, 15) is 14.7 Å². The van der Waals surface area contributed by atoms with Gasteiger partial charge in [0.1, 0.15) is 5.69 Å². The second kappa shape index (κ2) is 7.89. The summed E-state index contributed by atoms with van der Waals surface area (Å²) in [5, 5.41) is 11.2. The van der Waals surface area contributed by atoms with E-state index in [1.807, 2.05) is 0 Å². The Hall–Kier alpha value is -2.44. The van der Waals surface area contributed by atoms with Gasteiger partial charge in [-0.2, -0.15) is 0 Å². The van der Waals surface area contributed by atoms with E-state index in [0.717, 1.165) is 25.9 Å². The molecule has 2 aliphatic rings. The molecule has 4 rings (SSSR count). The molecule has 1 aromatic heterocycles. The van der Waals surface area contributed by atoms with Gasteiger partial charge in [-0.05, 0) is 42.9 Å². The van der Waals surface area contributed by atoms with Gasteiger partial charge < -0.3 is 15.0 Å². The normalized spacial score (nSPS) is 23.1. The molecule has 6 heteroatoms. The average molecular weight is 381 g/mol. The summed E-state index contributed by atoms with van der Waals surface area (Å²) in [7, 11) is 0. The van der Waals surface area contributed by atoms with E-state index in [1.54, 1.807) is 17.0 Å². The summed E-state index contributed by atoms with van der Waals surface area (Å²) in [4.78, 5) is 30.9. The molecule has 1 aromatic carbocycles. The molecule has 0 spiro atoms. The van der Waals surface area contributed by atoms with Crippen molar-refractivity contribution >= 4 is 5.91 Å². The van der Waals surface area contributed by atoms with Crippen molar-refractivity contribution in [1.82, 2.24) is 14.8 Å². The van der Waals surface area contributed by atoms with Crippen molar-refractivity contribution in [3.05, 3.63) is 69.6 Å². The van der Waals surface area contributed by atoms with Gasteiger partial charge in [0.25, 0.3) is 5.91 Å². The van der Waals surface area contributed by atoms with Crippen molar-refractivity contribution in [2.75, 3.05) is 26.2 Å². The Labute approximate surface area is 164 Å². The van der Waals surface area contributed by atoms with Crippen LogP contribution in [0.2, 0.25) is 0 Å². The van der Waals surface area contributed by atoms with Crippen LogP contribution in [0.15, 0.2) is 47.3 Å². The van der Waals surface area contributed by atoms with Gasteiger partial charge in [0, 0.05) is 38.8 Å². The quantitative estimate of drug-likeness (QED) is 0.850. The third kappa shape index (κ3) is 4.18. The molecule has 0 saturated carbocycles. The summed E-state index contributed by atoms with van der Waals surface area (Å²) in [5.41, 5.74) is 2.00. The van der Waals surface area contributed by atoms with Crippen molar-refractivity contribution in [1.29, 1.82) is 0 Å². The van der Waals surface area contributed by atoms with Crippen molar-refractivity contribution < 1.29 is 9.90 Å². The number of carbonyl (C=O) groups excluding carboxylic acids is 1. The molecule has 148 valence electrons. The van der Waals surface area contributed by atoms with Crippen LogP contribution in [-0.2, 0) is 13.0 Å². The number of β-amino-alcohol motifs (C(OH)–C–C–N with tert-alkyl or cyclic N) is 1. The van der Waals surface area contributed by atoms with E-state index in [-0.39, 0.29) is 11.5 Å². The number of aromatic amines is 1. The van der Waals surface area contributed by atoms with Gasteiger partial charge in [0.15, 0.2) is 0 Å². The highest BCUT2D eigenvalue weighted by molar-refractivity contribution is 5.92. The van der Waals surface area contributed by atoms with Crippen LogP contribution in [0.3, 0.4) is 0 Å². The van der Waals surface area contributed by atoms with E-state index in [0.29, 0.717) is 38.2 Å². The molecule has 28 heavy (non-hydrogen) atoms. The van der Waals surface area contributed by atoms with Gasteiger partial charge in [-0.15, -0.1) is 0 Å². The van der Waals surface area contributed by atoms with Crippen molar-refractivity contribution in [2.45, 2.75) is 37.8 Å².